The quantitative estimate of drug-likeness (QED) is 0.533. The van der Waals surface area contributed by atoms with Crippen LogP contribution in [0.2, 0.25) is 0 Å². The van der Waals surface area contributed by atoms with Crippen molar-refractivity contribution in [3.8, 4) is 5.75 Å². The van der Waals surface area contributed by atoms with Crippen LogP contribution in [0.25, 0.3) is 0 Å². The molecule has 1 saturated heterocycles. The molecule has 1 aliphatic rings. The van der Waals surface area contributed by atoms with Crippen LogP contribution in [0.1, 0.15) is 0 Å². The molecule has 102 valence electrons. The molecule has 0 saturated carbocycles. The van der Waals surface area contributed by atoms with Crippen LogP contribution >= 0.6 is 0 Å². The smallest absolute Gasteiger partial charge is 0.333 e. The predicted octanol–water partition coefficient (Wildman–Crippen LogP) is 0.227. The van der Waals surface area contributed by atoms with Gasteiger partial charge in [0, 0.05) is 13.1 Å². The topological polar surface area (TPSA) is 114 Å². The molecular formula is C11H13N3O5. The molecule has 0 spiro atoms. The maximum Gasteiger partial charge on any atom is 0.333 e. The Morgan fingerprint density at radius 1 is 1.58 bits per heavy atom. The summed E-state index contributed by atoms with van der Waals surface area (Å²) in [6.07, 6.45) is -0.698. The summed E-state index contributed by atoms with van der Waals surface area (Å²) < 4.78 is 5.24. The Bertz CT molecular complexity index is 499. The van der Waals surface area contributed by atoms with Crippen molar-refractivity contribution in [2.75, 3.05) is 25.0 Å². The first kappa shape index (κ1) is 13.2. The number of phenols is 1. The van der Waals surface area contributed by atoms with Crippen LogP contribution in [-0.2, 0) is 9.53 Å². The molecule has 1 aliphatic heterocycles. The molecule has 1 unspecified atom stereocenters. The predicted molar refractivity (Wildman–Crippen MR) is 66.0 cm³/mol. The first-order valence-corrected chi connectivity index (χ1v) is 5.69. The fourth-order valence-electron chi connectivity index (χ4n) is 1.77. The lowest BCUT2D eigenvalue weighted by atomic mass is 10.2. The zero-order chi connectivity index (χ0) is 13.8. The van der Waals surface area contributed by atoms with Gasteiger partial charge in [-0.3, -0.25) is 14.9 Å². The number of nitrogens with one attached hydrogen (secondary N) is 2. The Kier molecular flexibility index (Phi) is 3.93. The van der Waals surface area contributed by atoms with Crippen LogP contribution in [0.3, 0.4) is 0 Å². The number of anilines is 1. The minimum absolute atomic E-state index is 0.0517. The van der Waals surface area contributed by atoms with Crippen molar-refractivity contribution in [3.63, 3.8) is 0 Å². The number of aromatic hydroxyl groups is 1. The molecule has 19 heavy (non-hydrogen) atoms. The maximum atomic E-state index is 11.9. The van der Waals surface area contributed by atoms with E-state index in [1.807, 2.05) is 0 Å². The Labute approximate surface area is 108 Å². The second-order valence-electron chi connectivity index (χ2n) is 3.98. The Morgan fingerprint density at radius 2 is 2.37 bits per heavy atom. The van der Waals surface area contributed by atoms with E-state index in [1.165, 1.54) is 18.2 Å². The van der Waals surface area contributed by atoms with Gasteiger partial charge < -0.3 is 20.5 Å². The Morgan fingerprint density at radius 3 is 3.00 bits per heavy atom. The van der Waals surface area contributed by atoms with Gasteiger partial charge in [-0.05, 0) is 12.1 Å². The molecule has 0 aliphatic carbocycles. The van der Waals surface area contributed by atoms with Gasteiger partial charge in [-0.15, -0.1) is 0 Å². The fourth-order valence-corrected chi connectivity index (χ4v) is 1.77. The van der Waals surface area contributed by atoms with Crippen LogP contribution in [0.4, 0.5) is 11.4 Å². The minimum atomic E-state index is -0.745. The molecular weight excluding hydrogens is 254 g/mol. The first-order chi connectivity index (χ1) is 9.09. The summed E-state index contributed by atoms with van der Waals surface area (Å²) in [5, 5.41) is 25.7. The number of ether oxygens (including phenoxy) is 1. The van der Waals surface area contributed by atoms with Gasteiger partial charge in [-0.1, -0.05) is 6.07 Å². The third kappa shape index (κ3) is 2.98. The summed E-state index contributed by atoms with van der Waals surface area (Å²) in [5.74, 6) is -0.980. The summed E-state index contributed by atoms with van der Waals surface area (Å²) in [6.45, 7) is 1.41. The number of nitro groups is 1. The van der Waals surface area contributed by atoms with Gasteiger partial charge in [0.1, 0.15) is 11.8 Å². The number of amides is 1. The molecule has 1 amide bonds. The second-order valence-corrected chi connectivity index (χ2v) is 3.98. The fraction of sp³-hybridized carbons (Fsp3) is 0.364. The highest BCUT2D eigenvalue weighted by atomic mass is 16.6. The molecule has 0 bridgehead atoms. The standard InChI is InChI=1S/C11H13N3O5/c15-8-3-1-2-7(10(8)14(17)18)13-11(16)9-6-12-4-5-19-9/h1-3,9,12,15H,4-6H2,(H,13,16). The van der Waals surface area contributed by atoms with Gasteiger partial charge in [-0.25, -0.2) is 0 Å². The van der Waals surface area contributed by atoms with Gasteiger partial charge in [0.25, 0.3) is 5.91 Å². The number of morpholine rings is 1. The average Bonchev–Trinajstić information content (AvgIpc) is 2.39. The third-order valence-electron chi connectivity index (χ3n) is 2.68. The van der Waals surface area contributed by atoms with Crippen LogP contribution in [0.5, 0.6) is 5.75 Å². The van der Waals surface area contributed by atoms with Crippen molar-refractivity contribution < 1.29 is 19.6 Å². The molecule has 3 N–H and O–H groups in total. The van der Waals surface area contributed by atoms with E-state index in [1.54, 1.807) is 0 Å². The molecule has 2 rings (SSSR count). The van der Waals surface area contributed by atoms with Gasteiger partial charge in [0.15, 0.2) is 5.75 Å². The number of carbonyl (C=O) groups excluding carboxylic acids is 1. The molecule has 1 aromatic rings. The zero-order valence-corrected chi connectivity index (χ0v) is 9.96. The van der Waals surface area contributed by atoms with Crippen LogP contribution in [0.15, 0.2) is 18.2 Å². The van der Waals surface area contributed by atoms with Crippen molar-refractivity contribution in [3.05, 3.63) is 28.3 Å². The van der Waals surface area contributed by atoms with Crippen LogP contribution in [-0.4, -0.2) is 41.7 Å². The van der Waals surface area contributed by atoms with Crippen molar-refractivity contribution >= 4 is 17.3 Å². The molecule has 0 aromatic heterocycles. The summed E-state index contributed by atoms with van der Waals surface area (Å²) in [6, 6.07) is 3.95. The molecule has 1 heterocycles. The highest BCUT2D eigenvalue weighted by Gasteiger charge is 2.26. The van der Waals surface area contributed by atoms with Crippen molar-refractivity contribution in [2.45, 2.75) is 6.10 Å². The lowest BCUT2D eigenvalue weighted by molar-refractivity contribution is -0.384. The van der Waals surface area contributed by atoms with Crippen molar-refractivity contribution in [2.24, 2.45) is 0 Å². The number of rotatable bonds is 3. The molecule has 1 aromatic carbocycles. The van der Waals surface area contributed by atoms with Gasteiger partial charge in [0.2, 0.25) is 0 Å². The molecule has 0 radical (unpaired) electrons. The van der Waals surface area contributed by atoms with Gasteiger partial charge >= 0.3 is 5.69 Å². The van der Waals surface area contributed by atoms with E-state index < -0.39 is 28.4 Å². The number of para-hydroxylation sites is 1. The summed E-state index contributed by atoms with van der Waals surface area (Å²) in [5.41, 5.74) is -0.580. The van der Waals surface area contributed by atoms with E-state index in [4.69, 9.17) is 4.74 Å². The second kappa shape index (κ2) is 5.63. The van der Waals surface area contributed by atoms with E-state index in [0.717, 1.165) is 0 Å². The number of nitrogens with zero attached hydrogens (tertiary/aromatic N) is 1. The molecule has 8 heteroatoms. The monoisotopic (exact) mass is 267 g/mol. The lowest BCUT2D eigenvalue weighted by Crippen LogP contribution is -2.45. The van der Waals surface area contributed by atoms with Crippen LogP contribution in [0, 0.1) is 10.1 Å². The maximum absolute atomic E-state index is 11.9. The van der Waals surface area contributed by atoms with Crippen molar-refractivity contribution in [1.29, 1.82) is 0 Å². The van der Waals surface area contributed by atoms with Crippen molar-refractivity contribution in [1.82, 2.24) is 5.32 Å². The highest BCUT2D eigenvalue weighted by molar-refractivity contribution is 5.97. The van der Waals surface area contributed by atoms with E-state index in [0.29, 0.717) is 19.7 Å². The molecule has 1 atom stereocenters. The summed E-state index contributed by atoms with van der Waals surface area (Å²) >= 11 is 0. The number of hydrogen-bond acceptors (Lipinski definition) is 6. The van der Waals surface area contributed by atoms with Gasteiger partial charge in [-0.2, -0.15) is 0 Å². The van der Waals surface area contributed by atoms with E-state index in [2.05, 4.69) is 10.6 Å². The highest BCUT2D eigenvalue weighted by Crippen LogP contribution is 2.33. The normalized spacial score (nSPS) is 18.8. The molecule has 1 fully saturated rings. The first-order valence-electron chi connectivity index (χ1n) is 5.69. The van der Waals surface area contributed by atoms with E-state index in [-0.39, 0.29) is 5.69 Å². The van der Waals surface area contributed by atoms with E-state index in [9.17, 15) is 20.0 Å². The Balaban J connectivity index is 2.16. The SMILES string of the molecule is O=C(Nc1cccc(O)c1[N+](=O)[O-])C1CNCCO1. The average molecular weight is 267 g/mol. The van der Waals surface area contributed by atoms with Crippen LogP contribution < -0.4 is 10.6 Å². The number of carbonyl (C=O) groups is 1. The number of hydrogen-bond donors (Lipinski definition) is 3. The van der Waals surface area contributed by atoms with E-state index >= 15 is 0 Å². The largest absolute Gasteiger partial charge is 0.502 e. The third-order valence-corrected chi connectivity index (χ3v) is 2.68. The zero-order valence-electron chi connectivity index (χ0n) is 9.96. The summed E-state index contributed by atoms with van der Waals surface area (Å²) in [7, 11) is 0. The lowest BCUT2D eigenvalue weighted by Gasteiger charge is -2.22. The molecule has 8 nitrogen and oxygen atoms in total. The number of benzene rings is 1. The number of nitro benzene ring substituents is 1. The summed E-state index contributed by atoms with van der Waals surface area (Å²) in [4.78, 5) is 22.0. The Hall–Kier alpha value is -2.19. The van der Waals surface area contributed by atoms with Gasteiger partial charge in [0.05, 0.1) is 11.5 Å². The minimum Gasteiger partial charge on any atom is -0.502 e. The number of phenolic OH excluding ortho intramolecular Hbond substituents is 1.